The van der Waals surface area contributed by atoms with Crippen LogP contribution in [0, 0.1) is 0 Å². The fourth-order valence-corrected chi connectivity index (χ4v) is 3.97. The van der Waals surface area contributed by atoms with Crippen LogP contribution in [0.5, 0.6) is 0 Å². The molecule has 0 radical (unpaired) electrons. The second-order valence-electron chi connectivity index (χ2n) is 5.56. The molecule has 1 aromatic heterocycles. The number of hydrogen-bond donors (Lipinski definition) is 1. The lowest BCUT2D eigenvalue weighted by molar-refractivity contribution is 0.338. The highest BCUT2D eigenvalue weighted by atomic mass is 32.1. The lowest BCUT2D eigenvalue weighted by Gasteiger charge is -2.35. The molecular weight excluding hydrogens is 226 g/mol. The average molecular weight is 251 g/mol. The van der Waals surface area contributed by atoms with Gasteiger partial charge >= 0.3 is 0 Å². The molecule has 1 aromatic rings. The summed E-state index contributed by atoms with van der Waals surface area (Å²) in [7, 11) is 0. The van der Waals surface area contributed by atoms with Crippen molar-refractivity contribution in [3.05, 3.63) is 21.9 Å². The van der Waals surface area contributed by atoms with E-state index >= 15 is 0 Å². The first kappa shape index (κ1) is 13.1. The quantitative estimate of drug-likeness (QED) is 0.776. The fraction of sp³-hybridized carbons (Fsp3) is 0.733. The Kier molecular flexibility index (Phi) is 4.63. The molecule has 1 aliphatic heterocycles. The summed E-state index contributed by atoms with van der Waals surface area (Å²) in [5.41, 5.74) is 2.02. The van der Waals surface area contributed by atoms with Crippen molar-refractivity contribution >= 4 is 11.3 Å². The number of hydrogen-bond acceptors (Lipinski definition) is 2. The molecule has 17 heavy (non-hydrogen) atoms. The van der Waals surface area contributed by atoms with Crippen molar-refractivity contribution in [3.8, 4) is 0 Å². The summed E-state index contributed by atoms with van der Waals surface area (Å²) in [5, 5.41) is 5.85. The molecule has 2 heterocycles. The maximum absolute atomic E-state index is 3.56. The molecule has 0 saturated carbocycles. The first-order valence-electron chi connectivity index (χ1n) is 7.04. The summed E-state index contributed by atoms with van der Waals surface area (Å²) in [6.07, 6.45) is 7.99. The van der Waals surface area contributed by atoms with Crippen molar-refractivity contribution in [2.75, 3.05) is 13.1 Å². The summed E-state index contributed by atoms with van der Waals surface area (Å²) < 4.78 is 0. The second-order valence-corrected chi connectivity index (χ2v) is 6.56. The molecule has 1 nitrogen and oxygen atoms in total. The highest BCUT2D eigenvalue weighted by Crippen LogP contribution is 2.36. The molecule has 1 saturated heterocycles. The molecule has 0 spiro atoms. The SMILES string of the molecule is CCCCCc1sccc1C1(C)CCCNC1. The van der Waals surface area contributed by atoms with E-state index in [1.807, 2.05) is 11.3 Å². The van der Waals surface area contributed by atoms with Crippen LogP contribution in [0.15, 0.2) is 11.4 Å². The summed E-state index contributed by atoms with van der Waals surface area (Å²) in [4.78, 5) is 1.64. The lowest BCUT2D eigenvalue weighted by atomic mass is 9.76. The number of rotatable bonds is 5. The molecule has 0 amide bonds. The van der Waals surface area contributed by atoms with Crippen LogP contribution in [-0.2, 0) is 11.8 Å². The van der Waals surface area contributed by atoms with Crippen LogP contribution in [0.25, 0.3) is 0 Å². The van der Waals surface area contributed by atoms with Crippen LogP contribution >= 0.6 is 11.3 Å². The highest BCUT2D eigenvalue weighted by Gasteiger charge is 2.31. The molecule has 2 rings (SSSR count). The van der Waals surface area contributed by atoms with Gasteiger partial charge in [0.05, 0.1) is 0 Å². The minimum Gasteiger partial charge on any atom is -0.316 e. The van der Waals surface area contributed by atoms with E-state index in [2.05, 4.69) is 30.6 Å². The van der Waals surface area contributed by atoms with Gasteiger partial charge in [0.1, 0.15) is 0 Å². The zero-order valence-corrected chi connectivity index (χ0v) is 12.0. The topological polar surface area (TPSA) is 12.0 Å². The molecule has 2 heteroatoms. The zero-order chi connectivity index (χ0) is 12.1. The maximum atomic E-state index is 3.56. The Bertz CT molecular complexity index is 336. The van der Waals surface area contributed by atoms with E-state index in [1.165, 1.54) is 45.1 Å². The van der Waals surface area contributed by atoms with Crippen LogP contribution in [0.4, 0.5) is 0 Å². The van der Waals surface area contributed by atoms with Gasteiger partial charge in [0.25, 0.3) is 0 Å². The van der Waals surface area contributed by atoms with Crippen molar-refractivity contribution in [2.24, 2.45) is 0 Å². The van der Waals surface area contributed by atoms with E-state index < -0.39 is 0 Å². The third-order valence-electron chi connectivity index (χ3n) is 4.00. The molecule has 96 valence electrons. The Balaban J connectivity index is 2.06. The van der Waals surface area contributed by atoms with E-state index in [1.54, 1.807) is 10.4 Å². The average Bonchev–Trinajstić information content (AvgIpc) is 2.79. The summed E-state index contributed by atoms with van der Waals surface area (Å²) in [5.74, 6) is 0. The molecule has 0 bridgehead atoms. The molecule has 1 N–H and O–H groups in total. The first-order chi connectivity index (χ1) is 8.26. The normalized spacial score (nSPS) is 25.1. The van der Waals surface area contributed by atoms with Crippen molar-refractivity contribution in [1.82, 2.24) is 5.32 Å². The van der Waals surface area contributed by atoms with Crippen molar-refractivity contribution in [3.63, 3.8) is 0 Å². The third kappa shape index (κ3) is 3.11. The van der Waals surface area contributed by atoms with E-state index in [0.717, 1.165) is 6.54 Å². The van der Waals surface area contributed by atoms with E-state index in [9.17, 15) is 0 Å². The van der Waals surface area contributed by atoms with Gasteiger partial charge in [-0.05, 0) is 49.2 Å². The Morgan fingerprint density at radius 3 is 3.00 bits per heavy atom. The number of unbranched alkanes of at least 4 members (excludes halogenated alkanes) is 2. The summed E-state index contributed by atoms with van der Waals surface area (Å²) in [6, 6.07) is 2.37. The van der Waals surface area contributed by atoms with Gasteiger partial charge in [0.2, 0.25) is 0 Å². The Labute approximate surface area is 110 Å². The van der Waals surface area contributed by atoms with E-state index in [-0.39, 0.29) is 0 Å². The molecule has 1 aliphatic rings. The Morgan fingerprint density at radius 1 is 1.41 bits per heavy atom. The van der Waals surface area contributed by atoms with E-state index in [4.69, 9.17) is 0 Å². The van der Waals surface area contributed by atoms with Gasteiger partial charge in [-0.2, -0.15) is 0 Å². The van der Waals surface area contributed by atoms with Crippen LogP contribution in [0.2, 0.25) is 0 Å². The fourth-order valence-electron chi connectivity index (χ4n) is 2.89. The van der Waals surface area contributed by atoms with Gasteiger partial charge in [-0.3, -0.25) is 0 Å². The number of aryl methyl sites for hydroxylation is 1. The van der Waals surface area contributed by atoms with E-state index in [0.29, 0.717) is 5.41 Å². The minimum atomic E-state index is 0.389. The third-order valence-corrected chi connectivity index (χ3v) is 4.98. The maximum Gasteiger partial charge on any atom is 0.00832 e. The van der Waals surface area contributed by atoms with Gasteiger partial charge in [-0.25, -0.2) is 0 Å². The van der Waals surface area contributed by atoms with Crippen LogP contribution in [0.1, 0.15) is 56.4 Å². The van der Waals surface area contributed by atoms with Gasteiger partial charge in [-0.15, -0.1) is 11.3 Å². The molecule has 0 aromatic carbocycles. The second kappa shape index (κ2) is 6.01. The summed E-state index contributed by atoms with van der Waals surface area (Å²) >= 11 is 1.96. The standard InChI is InChI=1S/C15H25NS/c1-3-4-5-7-14-13(8-11-17-14)15(2)9-6-10-16-12-15/h8,11,16H,3-7,9-10,12H2,1-2H3. The molecular formula is C15H25NS. The molecule has 1 unspecified atom stereocenters. The van der Waals surface area contributed by atoms with Gasteiger partial charge in [0.15, 0.2) is 0 Å². The number of nitrogens with one attached hydrogen (secondary N) is 1. The smallest absolute Gasteiger partial charge is 0.00832 e. The first-order valence-corrected chi connectivity index (χ1v) is 7.92. The minimum absolute atomic E-state index is 0.389. The molecule has 0 aliphatic carbocycles. The Hall–Kier alpha value is -0.340. The van der Waals surface area contributed by atoms with Gasteiger partial charge in [0, 0.05) is 16.8 Å². The summed E-state index contributed by atoms with van der Waals surface area (Å²) in [6.45, 7) is 7.07. The van der Waals surface area contributed by atoms with Crippen LogP contribution in [-0.4, -0.2) is 13.1 Å². The predicted octanol–water partition coefficient (Wildman–Crippen LogP) is 4.12. The highest BCUT2D eigenvalue weighted by molar-refractivity contribution is 7.10. The lowest BCUT2D eigenvalue weighted by Crippen LogP contribution is -2.41. The van der Waals surface area contributed by atoms with Crippen molar-refractivity contribution < 1.29 is 0 Å². The van der Waals surface area contributed by atoms with Gasteiger partial charge < -0.3 is 5.32 Å². The van der Waals surface area contributed by atoms with Crippen molar-refractivity contribution in [2.45, 2.75) is 57.8 Å². The van der Waals surface area contributed by atoms with Gasteiger partial charge in [-0.1, -0.05) is 26.7 Å². The predicted molar refractivity (Wildman–Crippen MR) is 77.0 cm³/mol. The Morgan fingerprint density at radius 2 is 2.29 bits per heavy atom. The van der Waals surface area contributed by atoms with Crippen LogP contribution in [0.3, 0.4) is 0 Å². The van der Waals surface area contributed by atoms with Crippen LogP contribution < -0.4 is 5.32 Å². The number of piperidine rings is 1. The van der Waals surface area contributed by atoms with Crippen molar-refractivity contribution in [1.29, 1.82) is 0 Å². The molecule has 1 atom stereocenters. The zero-order valence-electron chi connectivity index (χ0n) is 11.2. The molecule has 1 fully saturated rings. The number of thiophene rings is 1. The largest absolute Gasteiger partial charge is 0.316 e. The monoisotopic (exact) mass is 251 g/mol.